The van der Waals surface area contributed by atoms with Gasteiger partial charge in [0, 0.05) is 37.3 Å². The van der Waals surface area contributed by atoms with Crippen LogP contribution in [0.25, 0.3) is 0 Å². The first-order chi connectivity index (χ1) is 12.6. The van der Waals surface area contributed by atoms with E-state index in [0.29, 0.717) is 0 Å². The molecule has 8 heteroatoms. The fraction of sp³-hybridized carbons (Fsp3) is 0.474. The highest BCUT2D eigenvalue weighted by atomic mass is 127. The molecule has 150 valence electrons. The third-order valence-electron chi connectivity index (χ3n) is 3.86. The lowest BCUT2D eigenvalue weighted by atomic mass is 10.4. The van der Waals surface area contributed by atoms with Crippen LogP contribution in [-0.2, 0) is 6.54 Å². The van der Waals surface area contributed by atoms with Gasteiger partial charge in [-0.25, -0.2) is 4.39 Å². The third-order valence-corrected chi connectivity index (χ3v) is 4.96. The Labute approximate surface area is 182 Å². The standard InChI is InChI=1S/C19H28FN5S.HI/c1-15-14-16(2)25(24-15)12-4-10-22-19(21-3)23-11-5-13-26-18-8-6-17(20)7-9-18;/h6-9,14H,4-5,10-13H2,1-3H3,(H2,21,22,23);1H. The number of aryl methyl sites for hydroxylation is 3. The molecule has 0 unspecified atom stereocenters. The number of aliphatic imine (C=N–C) groups is 1. The van der Waals surface area contributed by atoms with Crippen LogP contribution in [0.1, 0.15) is 24.2 Å². The Morgan fingerprint density at radius 2 is 1.81 bits per heavy atom. The number of thioether (sulfide) groups is 1. The molecule has 0 atom stereocenters. The van der Waals surface area contributed by atoms with Crippen LogP contribution in [0.2, 0.25) is 0 Å². The molecule has 0 saturated heterocycles. The summed E-state index contributed by atoms with van der Waals surface area (Å²) in [5.74, 6) is 1.61. The molecule has 0 aliphatic heterocycles. The van der Waals surface area contributed by atoms with Crippen LogP contribution >= 0.6 is 35.7 Å². The van der Waals surface area contributed by atoms with E-state index >= 15 is 0 Å². The molecule has 27 heavy (non-hydrogen) atoms. The Morgan fingerprint density at radius 3 is 2.41 bits per heavy atom. The predicted octanol–water partition coefficient (Wildman–Crippen LogP) is 3.99. The Bertz CT molecular complexity index is 703. The van der Waals surface area contributed by atoms with Crippen LogP contribution in [0.4, 0.5) is 4.39 Å². The Morgan fingerprint density at radius 1 is 1.15 bits per heavy atom. The maximum absolute atomic E-state index is 12.9. The summed E-state index contributed by atoms with van der Waals surface area (Å²) < 4.78 is 14.9. The molecule has 0 radical (unpaired) electrons. The molecule has 0 aliphatic carbocycles. The maximum Gasteiger partial charge on any atom is 0.190 e. The smallest absolute Gasteiger partial charge is 0.190 e. The van der Waals surface area contributed by atoms with Crippen molar-refractivity contribution in [2.75, 3.05) is 25.9 Å². The van der Waals surface area contributed by atoms with Crippen LogP contribution in [0, 0.1) is 19.7 Å². The maximum atomic E-state index is 12.9. The van der Waals surface area contributed by atoms with Gasteiger partial charge >= 0.3 is 0 Å². The van der Waals surface area contributed by atoms with Crippen molar-refractivity contribution in [3.05, 3.63) is 47.5 Å². The summed E-state index contributed by atoms with van der Waals surface area (Å²) in [5, 5.41) is 11.1. The van der Waals surface area contributed by atoms with Crippen LogP contribution in [-0.4, -0.2) is 41.6 Å². The summed E-state index contributed by atoms with van der Waals surface area (Å²) in [6, 6.07) is 8.72. The average molecular weight is 505 g/mol. The van der Waals surface area contributed by atoms with Gasteiger partial charge in [0.15, 0.2) is 5.96 Å². The molecule has 0 bridgehead atoms. The first kappa shape index (κ1) is 23.7. The SMILES string of the molecule is CN=C(NCCCSc1ccc(F)cc1)NCCCn1nc(C)cc1C.I. The fourth-order valence-electron chi connectivity index (χ4n) is 2.56. The first-order valence-electron chi connectivity index (χ1n) is 8.92. The quantitative estimate of drug-likeness (QED) is 0.178. The zero-order chi connectivity index (χ0) is 18.8. The summed E-state index contributed by atoms with van der Waals surface area (Å²) in [4.78, 5) is 5.34. The van der Waals surface area contributed by atoms with Gasteiger partial charge in [-0.2, -0.15) is 5.10 Å². The third kappa shape index (κ3) is 8.96. The number of nitrogens with one attached hydrogen (secondary N) is 2. The Balaban J connectivity index is 0.00000364. The highest BCUT2D eigenvalue weighted by Gasteiger charge is 2.01. The van der Waals surface area contributed by atoms with Gasteiger partial charge in [0.2, 0.25) is 0 Å². The molecule has 2 N–H and O–H groups in total. The van der Waals surface area contributed by atoms with Gasteiger partial charge in [0.25, 0.3) is 0 Å². The highest BCUT2D eigenvalue weighted by Crippen LogP contribution is 2.18. The Kier molecular flexibility index (Phi) is 11.4. The van der Waals surface area contributed by atoms with Gasteiger partial charge in [0.05, 0.1) is 5.69 Å². The molecular weight excluding hydrogens is 476 g/mol. The molecular formula is C19H29FIN5S. The number of aromatic nitrogens is 2. The monoisotopic (exact) mass is 505 g/mol. The Hall–Kier alpha value is -1.29. The van der Waals surface area contributed by atoms with E-state index in [2.05, 4.69) is 33.7 Å². The van der Waals surface area contributed by atoms with Crippen molar-refractivity contribution in [1.82, 2.24) is 20.4 Å². The van der Waals surface area contributed by atoms with Crippen LogP contribution < -0.4 is 10.6 Å². The normalized spacial score (nSPS) is 11.2. The molecule has 0 aliphatic rings. The van der Waals surface area contributed by atoms with Crippen molar-refractivity contribution in [1.29, 1.82) is 0 Å². The van der Waals surface area contributed by atoms with E-state index in [-0.39, 0.29) is 29.8 Å². The lowest BCUT2D eigenvalue weighted by Crippen LogP contribution is -2.38. The minimum atomic E-state index is -0.191. The van der Waals surface area contributed by atoms with Crippen molar-refractivity contribution in [3.8, 4) is 0 Å². The number of benzene rings is 1. The zero-order valence-corrected chi connectivity index (χ0v) is 19.3. The van der Waals surface area contributed by atoms with Gasteiger partial charge in [-0.3, -0.25) is 9.67 Å². The molecule has 2 aromatic rings. The number of halogens is 2. The number of nitrogens with zero attached hydrogens (tertiary/aromatic N) is 3. The van der Waals surface area contributed by atoms with E-state index in [1.807, 2.05) is 23.7 Å². The van der Waals surface area contributed by atoms with Gasteiger partial charge < -0.3 is 10.6 Å². The molecule has 0 fully saturated rings. The van der Waals surface area contributed by atoms with Crippen LogP contribution in [0.3, 0.4) is 0 Å². The lowest BCUT2D eigenvalue weighted by molar-refractivity contribution is 0.555. The molecule has 1 heterocycles. The second-order valence-electron chi connectivity index (χ2n) is 6.09. The van der Waals surface area contributed by atoms with Gasteiger partial charge in [-0.05, 0) is 62.8 Å². The van der Waals surface area contributed by atoms with E-state index in [0.717, 1.165) is 54.8 Å². The van der Waals surface area contributed by atoms with Crippen molar-refractivity contribution < 1.29 is 4.39 Å². The molecule has 5 nitrogen and oxygen atoms in total. The summed E-state index contributed by atoms with van der Waals surface area (Å²) in [7, 11) is 1.78. The minimum absolute atomic E-state index is 0. The van der Waals surface area contributed by atoms with E-state index in [4.69, 9.17) is 0 Å². The molecule has 1 aromatic heterocycles. The molecule has 0 spiro atoms. The topological polar surface area (TPSA) is 54.2 Å². The molecule has 2 rings (SSSR count). The zero-order valence-electron chi connectivity index (χ0n) is 16.2. The number of rotatable bonds is 9. The fourth-order valence-corrected chi connectivity index (χ4v) is 3.41. The van der Waals surface area contributed by atoms with E-state index in [1.165, 1.54) is 17.8 Å². The van der Waals surface area contributed by atoms with Crippen LogP contribution in [0.15, 0.2) is 40.2 Å². The highest BCUT2D eigenvalue weighted by molar-refractivity contribution is 14.0. The molecule has 0 amide bonds. The number of guanidine groups is 1. The van der Waals surface area contributed by atoms with Gasteiger partial charge in [0.1, 0.15) is 5.82 Å². The summed E-state index contributed by atoms with van der Waals surface area (Å²) in [6.07, 6.45) is 2.00. The van der Waals surface area contributed by atoms with Crippen molar-refractivity contribution in [2.24, 2.45) is 4.99 Å². The van der Waals surface area contributed by atoms with Crippen molar-refractivity contribution in [2.45, 2.75) is 38.1 Å². The predicted molar refractivity (Wildman–Crippen MR) is 123 cm³/mol. The molecule has 1 aromatic carbocycles. The van der Waals surface area contributed by atoms with Gasteiger partial charge in [-0.15, -0.1) is 35.7 Å². The number of hydrogen-bond donors (Lipinski definition) is 2. The lowest BCUT2D eigenvalue weighted by Gasteiger charge is -2.12. The van der Waals surface area contributed by atoms with Gasteiger partial charge in [-0.1, -0.05) is 0 Å². The summed E-state index contributed by atoms with van der Waals surface area (Å²) in [6.45, 7) is 6.70. The first-order valence-corrected chi connectivity index (χ1v) is 9.91. The minimum Gasteiger partial charge on any atom is -0.356 e. The van der Waals surface area contributed by atoms with E-state index in [1.54, 1.807) is 18.8 Å². The van der Waals surface area contributed by atoms with Crippen molar-refractivity contribution >= 4 is 41.7 Å². The summed E-state index contributed by atoms with van der Waals surface area (Å²) in [5.41, 5.74) is 2.26. The van der Waals surface area contributed by atoms with E-state index < -0.39 is 0 Å². The van der Waals surface area contributed by atoms with Crippen LogP contribution in [0.5, 0.6) is 0 Å². The number of hydrogen-bond acceptors (Lipinski definition) is 3. The second kappa shape index (κ2) is 13.0. The van der Waals surface area contributed by atoms with E-state index in [9.17, 15) is 4.39 Å². The van der Waals surface area contributed by atoms with Crippen molar-refractivity contribution in [3.63, 3.8) is 0 Å². The summed E-state index contributed by atoms with van der Waals surface area (Å²) >= 11 is 1.73. The largest absolute Gasteiger partial charge is 0.356 e. The molecule has 0 saturated carbocycles. The second-order valence-corrected chi connectivity index (χ2v) is 7.25. The average Bonchev–Trinajstić information content (AvgIpc) is 2.95.